The van der Waals surface area contributed by atoms with Crippen LogP contribution in [0.5, 0.6) is 5.75 Å². The van der Waals surface area contributed by atoms with E-state index in [9.17, 15) is 18.0 Å². The SMILES string of the molecule is O=CNCCc1ccc(-c2ncn(-c3ccc(OC(F)(F)F)cc3)n2)cc1. The third kappa shape index (κ3) is 5.06. The molecular formula is C18H15F3N4O2. The molecular weight excluding hydrogens is 361 g/mol. The van der Waals surface area contributed by atoms with Crippen molar-refractivity contribution in [3.63, 3.8) is 0 Å². The van der Waals surface area contributed by atoms with E-state index >= 15 is 0 Å². The Hall–Kier alpha value is -3.36. The van der Waals surface area contributed by atoms with Crippen molar-refractivity contribution in [2.24, 2.45) is 0 Å². The molecule has 27 heavy (non-hydrogen) atoms. The number of alkyl halides is 3. The fourth-order valence-electron chi connectivity index (χ4n) is 2.42. The summed E-state index contributed by atoms with van der Waals surface area (Å²) in [5, 5.41) is 6.94. The maximum atomic E-state index is 12.2. The number of amides is 1. The highest BCUT2D eigenvalue weighted by Crippen LogP contribution is 2.24. The van der Waals surface area contributed by atoms with Gasteiger partial charge in [0.15, 0.2) is 5.82 Å². The van der Waals surface area contributed by atoms with E-state index in [2.05, 4.69) is 20.1 Å². The van der Waals surface area contributed by atoms with Crippen molar-refractivity contribution in [3.8, 4) is 22.8 Å². The Morgan fingerprint density at radius 2 is 1.78 bits per heavy atom. The summed E-state index contributed by atoms with van der Waals surface area (Å²) < 4.78 is 41.9. The molecule has 0 aliphatic heterocycles. The highest BCUT2D eigenvalue weighted by atomic mass is 19.4. The third-order valence-electron chi connectivity index (χ3n) is 3.68. The second-order valence-corrected chi connectivity index (χ2v) is 5.57. The van der Waals surface area contributed by atoms with Gasteiger partial charge >= 0.3 is 6.36 Å². The van der Waals surface area contributed by atoms with Gasteiger partial charge in [0.25, 0.3) is 0 Å². The molecule has 9 heteroatoms. The van der Waals surface area contributed by atoms with E-state index in [1.807, 2.05) is 24.3 Å². The largest absolute Gasteiger partial charge is 0.573 e. The average Bonchev–Trinajstić information content (AvgIpc) is 3.12. The van der Waals surface area contributed by atoms with Crippen LogP contribution >= 0.6 is 0 Å². The van der Waals surface area contributed by atoms with Gasteiger partial charge in [0, 0.05) is 12.1 Å². The molecule has 3 aromatic rings. The molecule has 0 aliphatic rings. The number of rotatable bonds is 7. The molecule has 0 radical (unpaired) electrons. The predicted molar refractivity (Wildman–Crippen MR) is 91.2 cm³/mol. The van der Waals surface area contributed by atoms with E-state index in [0.717, 1.165) is 11.1 Å². The van der Waals surface area contributed by atoms with E-state index in [-0.39, 0.29) is 5.75 Å². The Bertz CT molecular complexity index is 890. The van der Waals surface area contributed by atoms with Crippen LogP contribution in [0.2, 0.25) is 0 Å². The first-order valence-corrected chi connectivity index (χ1v) is 7.99. The van der Waals surface area contributed by atoms with Gasteiger partial charge in [-0.2, -0.15) is 0 Å². The van der Waals surface area contributed by atoms with Crippen LogP contribution in [0.4, 0.5) is 13.2 Å². The van der Waals surface area contributed by atoms with E-state index in [0.29, 0.717) is 30.9 Å². The van der Waals surface area contributed by atoms with Gasteiger partial charge in [-0.15, -0.1) is 18.3 Å². The first kappa shape index (κ1) is 18.4. The van der Waals surface area contributed by atoms with Crippen LogP contribution in [0.3, 0.4) is 0 Å². The Morgan fingerprint density at radius 1 is 1.07 bits per heavy atom. The zero-order chi connectivity index (χ0) is 19.3. The van der Waals surface area contributed by atoms with Crippen LogP contribution in [0.1, 0.15) is 5.56 Å². The summed E-state index contributed by atoms with van der Waals surface area (Å²) in [4.78, 5) is 14.5. The van der Waals surface area contributed by atoms with Crippen LogP contribution in [0, 0.1) is 0 Å². The molecule has 0 saturated carbocycles. The average molecular weight is 376 g/mol. The molecule has 0 saturated heterocycles. The summed E-state index contributed by atoms with van der Waals surface area (Å²) in [6.07, 6.45) is -1.87. The monoisotopic (exact) mass is 376 g/mol. The number of nitrogens with zero attached hydrogens (tertiary/aromatic N) is 3. The van der Waals surface area contributed by atoms with Gasteiger partial charge in [0.05, 0.1) is 5.69 Å². The second-order valence-electron chi connectivity index (χ2n) is 5.57. The Labute approximate surface area is 152 Å². The number of carbonyl (C=O) groups is 1. The van der Waals surface area contributed by atoms with E-state index in [1.54, 1.807) is 0 Å². The number of hydrogen-bond donors (Lipinski definition) is 1. The van der Waals surface area contributed by atoms with Crippen molar-refractivity contribution in [1.82, 2.24) is 20.1 Å². The zero-order valence-corrected chi connectivity index (χ0v) is 14.0. The molecule has 1 aromatic heterocycles. The van der Waals surface area contributed by atoms with Crippen LogP contribution in [0.15, 0.2) is 54.9 Å². The standard InChI is InChI=1S/C18H15F3N4O2/c19-18(20,21)27-16-7-5-15(6-8-16)25-11-23-17(24-25)14-3-1-13(2-4-14)9-10-22-12-26/h1-8,11-12H,9-10H2,(H,22,26). The number of halogens is 3. The molecule has 0 aliphatic carbocycles. The summed E-state index contributed by atoms with van der Waals surface area (Å²) >= 11 is 0. The normalized spacial score (nSPS) is 11.2. The summed E-state index contributed by atoms with van der Waals surface area (Å²) in [7, 11) is 0. The molecule has 1 heterocycles. The number of nitrogens with one attached hydrogen (secondary N) is 1. The van der Waals surface area contributed by atoms with Gasteiger partial charge < -0.3 is 10.1 Å². The minimum Gasteiger partial charge on any atom is -0.406 e. The van der Waals surface area contributed by atoms with Crippen molar-refractivity contribution in [1.29, 1.82) is 0 Å². The van der Waals surface area contributed by atoms with Crippen LogP contribution < -0.4 is 10.1 Å². The number of hydrogen-bond acceptors (Lipinski definition) is 4. The number of benzene rings is 2. The fraction of sp³-hybridized carbons (Fsp3) is 0.167. The first-order chi connectivity index (χ1) is 12.9. The molecule has 0 spiro atoms. The van der Waals surface area contributed by atoms with Crippen LogP contribution in [0.25, 0.3) is 17.1 Å². The minimum absolute atomic E-state index is 0.300. The maximum absolute atomic E-state index is 12.2. The summed E-state index contributed by atoms with van der Waals surface area (Å²) in [6, 6.07) is 12.9. The third-order valence-corrected chi connectivity index (χ3v) is 3.68. The first-order valence-electron chi connectivity index (χ1n) is 7.99. The molecule has 0 atom stereocenters. The van der Waals surface area contributed by atoms with E-state index < -0.39 is 6.36 Å². The molecule has 0 bridgehead atoms. The number of carbonyl (C=O) groups excluding carboxylic acids is 1. The summed E-state index contributed by atoms with van der Waals surface area (Å²) in [5.41, 5.74) is 2.42. The second kappa shape index (κ2) is 7.90. The Kier molecular flexibility index (Phi) is 5.39. The lowest BCUT2D eigenvalue weighted by atomic mass is 10.1. The van der Waals surface area contributed by atoms with Crippen molar-refractivity contribution < 1.29 is 22.7 Å². The number of aromatic nitrogens is 3. The number of ether oxygens (including phenoxy) is 1. The maximum Gasteiger partial charge on any atom is 0.573 e. The molecule has 6 nitrogen and oxygen atoms in total. The van der Waals surface area contributed by atoms with Gasteiger partial charge in [-0.05, 0) is 36.2 Å². The highest BCUT2D eigenvalue weighted by molar-refractivity contribution is 5.55. The highest BCUT2D eigenvalue weighted by Gasteiger charge is 2.30. The molecule has 2 aromatic carbocycles. The lowest BCUT2D eigenvalue weighted by Gasteiger charge is -2.09. The van der Waals surface area contributed by atoms with Crippen LogP contribution in [-0.4, -0.2) is 34.1 Å². The summed E-state index contributed by atoms with van der Waals surface area (Å²) in [5.74, 6) is 0.189. The molecule has 1 N–H and O–H groups in total. The Morgan fingerprint density at radius 3 is 2.41 bits per heavy atom. The topological polar surface area (TPSA) is 69.0 Å². The van der Waals surface area contributed by atoms with Gasteiger partial charge in [-0.1, -0.05) is 24.3 Å². The molecule has 3 rings (SSSR count). The van der Waals surface area contributed by atoms with E-state index in [4.69, 9.17) is 0 Å². The molecule has 140 valence electrons. The van der Waals surface area contributed by atoms with Crippen LogP contribution in [-0.2, 0) is 11.2 Å². The van der Waals surface area contributed by atoms with E-state index in [1.165, 1.54) is 35.3 Å². The summed E-state index contributed by atoms with van der Waals surface area (Å²) in [6.45, 7) is 0.559. The minimum atomic E-state index is -4.72. The van der Waals surface area contributed by atoms with Crippen molar-refractivity contribution in [3.05, 3.63) is 60.4 Å². The van der Waals surface area contributed by atoms with Gasteiger partial charge in [0.2, 0.25) is 6.41 Å². The van der Waals surface area contributed by atoms with Gasteiger partial charge in [-0.25, -0.2) is 9.67 Å². The quantitative estimate of drug-likeness (QED) is 0.508. The van der Waals surface area contributed by atoms with Crippen molar-refractivity contribution in [2.45, 2.75) is 12.8 Å². The van der Waals surface area contributed by atoms with Crippen molar-refractivity contribution in [2.75, 3.05) is 6.54 Å². The van der Waals surface area contributed by atoms with Gasteiger partial charge in [0.1, 0.15) is 12.1 Å². The van der Waals surface area contributed by atoms with Gasteiger partial charge in [-0.3, -0.25) is 4.79 Å². The Balaban J connectivity index is 1.70. The molecule has 0 unspecified atom stereocenters. The molecule has 0 fully saturated rings. The zero-order valence-electron chi connectivity index (χ0n) is 14.0. The smallest absolute Gasteiger partial charge is 0.406 e. The molecule has 1 amide bonds. The predicted octanol–water partition coefficient (Wildman–Crippen LogP) is 3.12. The lowest BCUT2D eigenvalue weighted by molar-refractivity contribution is -0.274. The fourth-order valence-corrected chi connectivity index (χ4v) is 2.42. The lowest BCUT2D eigenvalue weighted by Crippen LogP contribution is -2.17. The van der Waals surface area contributed by atoms with Crippen molar-refractivity contribution >= 4 is 6.41 Å².